The summed E-state index contributed by atoms with van der Waals surface area (Å²) < 4.78 is 8.44. The number of carbonyl (C=O) groups is 2. The molecule has 124 valence electrons. The molecule has 0 aromatic carbocycles. The zero-order chi connectivity index (χ0) is 15.2. The number of aryl methyl sites for hydroxylation is 1. The summed E-state index contributed by atoms with van der Waals surface area (Å²) in [5.41, 5.74) is 0.657. The Labute approximate surface area is 139 Å². The minimum absolute atomic E-state index is 0. The van der Waals surface area contributed by atoms with Crippen LogP contribution in [0.25, 0.3) is 0 Å². The summed E-state index contributed by atoms with van der Waals surface area (Å²) in [6.45, 7) is 5.96. The first-order valence-electron chi connectivity index (χ1n) is 6.74. The zero-order valence-electron chi connectivity index (χ0n) is 12.6. The van der Waals surface area contributed by atoms with Crippen LogP contribution >= 0.6 is 23.9 Å². The lowest BCUT2D eigenvalue weighted by molar-refractivity contribution is 0.0886. The molecule has 22 heavy (non-hydrogen) atoms. The van der Waals surface area contributed by atoms with Crippen molar-refractivity contribution in [3.63, 3.8) is 0 Å². The molecule has 0 spiro atoms. The van der Waals surface area contributed by atoms with Crippen LogP contribution in [0.3, 0.4) is 0 Å². The molecular weight excluding hydrogens is 330 g/mol. The fourth-order valence-electron chi connectivity index (χ4n) is 2.13. The maximum Gasteiger partial charge on any atom is 0.409 e. The smallest absolute Gasteiger partial charge is 0.409 e. The molecule has 1 aromatic heterocycles. The average Bonchev–Trinajstić information content (AvgIpc) is 2.93. The summed E-state index contributed by atoms with van der Waals surface area (Å²) in [6, 6.07) is 0. The molecule has 1 aromatic rings. The number of rotatable bonds is 4. The number of nitrogens with one attached hydrogen (secondary N) is 1. The third-order valence-corrected chi connectivity index (χ3v) is 4.20. The number of amides is 2. The molecule has 1 aliphatic rings. The highest BCUT2D eigenvalue weighted by Crippen LogP contribution is 2.08. The van der Waals surface area contributed by atoms with Crippen molar-refractivity contribution in [1.82, 2.24) is 24.7 Å². The monoisotopic (exact) mass is 349 g/mol. The third-order valence-electron chi connectivity index (χ3n) is 3.38. The number of nitrogens with zero attached hydrogens (tertiary/aromatic N) is 4. The number of halogens is 1. The molecule has 2 amide bonds. The van der Waals surface area contributed by atoms with Gasteiger partial charge in [-0.15, -0.1) is 17.5 Å². The van der Waals surface area contributed by atoms with Gasteiger partial charge in [-0.25, -0.2) is 4.79 Å². The van der Waals surface area contributed by atoms with Gasteiger partial charge >= 0.3 is 6.09 Å². The highest BCUT2D eigenvalue weighted by molar-refractivity contribution is 7.07. The number of ether oxygens (including phenoxy) is 1. The van der Waals surface area contributed by atoms with Crippen LogP contribution in [0.4, 0.5) is 4.79 Å². The number of piperazine rings is 1. The number of aromatic nitrogens is 2. The predicted molar refractivity (Wildman–Crippen MR) is 84.6 cm³/mol. The average molecular weight is 350 g/mol. The standard InChI is InChI=1S/C12H19N5O3S.ClH/c1-9-10(21-15-14-9)11(18)13-3-4-16-5-7-17(8-6-16)12(19)20-2;/h3-8H2,1-2H3,(H,13,18);1H. The number of methoxy groups -OCH3 is 1. The van der Waals surface area contributed by atoms with Crippen LogP contribution in [0.5, 0.6) is 0 Å². The summed E-state index contributed by atoms with van der Waals surface area (Å²) >= 11 is 1.10. The summed E-state index contributed by atoms with van der Waals surface area (Å²) in [6.07, 6.45) is -0.281. The number of hydrogen-bond donors (Lipinski definition) is 1. The Morgan fingerprint density at radius 2 is 2.00 bits per heavy atom. The van der Waals surface area contributed by atoms with E-state index < -0.39 is 0 Å². The molecule has 2 rings (SSSR count). The van der Waals surface area contributed by atoms with E-state index in [2.05, 4.69) is 19.8 Å². The molecule has 1 fully saturated rings. The van der Waals surface area contributed by atoms with Crippen LogP contribution in [0.2, 0.25) is 0 Å². The number of hydrogen-bond acceptors (Lipinski definition) is 7. The minimum atomic E-state index is -0.281. The van der Waals surface area contributed by atoms with Gasteiger partial charge in [-0.3, -0.25) is 9.69 Å². The lowest BCUT2D eigenvalue weighted by Gasteiger charge is -2.33. The van der Waals surface area contributed by atoms with E-state index in [1.54, 1.807) is 11.8 Å². The Bertz CT molecular complexity index is 505. The highest BCUT2D eigenvalue weighted by atomic mass is 35.5. The fourth-order valence-corrected chi connectivity index (χ4v) is 2.70. The Morgan fingerprint density at radius 1 is 1.32 bits per heavy atom. The quantitative estimate of drug-likeness (QED) is 0.845. The van der Waals surface area contributed by atoms with Gasteiger partial charge in [-0.05, 0) is 18.5 Å². The van der Waals surface area contributed by atoms with Gasteiger partial charge in [0.1, 0.15) is 4.88 Å². The minimum Gasteiger partial charge on any atom is -0.453 e. The summed E-state index contributed by atoms with van der Waals surface area (Å²) in [4.78, 5) is 27.7. The molecule has 0 saturated carbocycles. The Hall–Kier alpha value is -1.45. The second kappa shape index (κ2) is 8.86. The molecule has 0 atom stereocenters. The van der Waals surface area contributed by atoms with Gasteiger partial charge in [0.05, 0.1) is 12.8 Å². The van der Waals surface area contributed by atoms with Crippen molar-refractivity contribution >= 4 is 35.9 Å². The van der Waals surface area contributed by atoms with Crippen LogP contribution in [0, 0.1) is 6.92 Å². The lowest BCUT2D eigenvalue weighted by atomic mass is 10.3. The highest BCUT2D eigenvalue weighted by Gasteiger charge is 2.21. The molecule has 0 radical (unpaired) electrons. The van der Waals surface area contributed by atoms with Crippen molar-refractivity contribution in [2.75, 3.05) is 46.4 Å². The SMILES string of the molecule is COC(=O)N1CCN(CCNC(=O)c2snnc2C)CC1.Cl. The fraction of sp³-hybridized carbons (Fsp3) is 0.667. The van der Waals surface area contributed by atoms with E-state index in [1.165, 1.54) is 7.11 Å². The van der Waals surface area contributed by atoms with E-state index in [1.807, 2.05) is 0 Å². The molecule has 1 aliphatic heterocycles. The van der Waals surface area contributed by atoms with Crippen molar-refractivity contribution in [2.24, 2.45) is 0 Å². The summed E-state index contributed by atoms with van der Waals surface area (Å²) in [7, 11) is 1.39. The predicted octanol–water partition coefficient (Wildman–Crippen LogP) is 0.382. The topological polar surface area (TPSA) is 87.7 Å². The second-order valence-corrected chi connectivity index (χ2v) is 5.50. The number of carbonyl (C=O) groups excluding carboxylic acids is 2. The second-order valence-electron chi connectivity index (χ2n) is 4.74. The van der Waals surface area contributed by atoms with Crippen molar-refractivity contribution in [2.45, 2.75) is 6.92 Å². The van der Waals surface area contributed by atoms with Crippen LogP contribution in [0.15, 0.2) is 0 Å². The molecule has 0 bridgehead atoms. The van der Waals surface area contributed by atoms with Gasteiger partial charge in [0, 0.05) is 39.3 Å². The molecule has 2 heterocycles. The van der Waals surface area contributed by atoms with E-state index in [9.17, 15) is 9.59 Å². The summed E-state index contributed by atoms with van der Waals surface area (Å²) in [5.74, 6) is -0.129. The van der Waals surface area contributed by atoms with Crippen LogP contribution in [-0.2, 0) is 4.74 Å². The van der Waals surface area contributed by atoms with Crippen LogP contribution in [-0.4, -0.2) is 77.8 Å². The molecule has 8 nitrogen and oxygen atoms in total. The van der Waals surface area contributed by atoms with Crippen molar-refractivity contribution in [1.29, 1.82) is 0 Å². The van der Waals surface area contributed by atoms with E-state index in [0.29, 0.717) is 30.2 Å². The molecule has 1 N–H and O–H groups in total. The van der Waals surface area contributed by atoms with Crippen molar-refractivity contribution in [3.05, 3.63) is 10.6 Å². The van der Waals surface area contributed by atoms with Crippen molar-refractivity contribution in [3.8, 4) is 0 Å². The van der Waals surface area contributed by atoms with Gasteiger partial charge < -0.3 is 15.0 Å². The van der Waals surface area contributed by atoms with E-state index >= 15 is 0 Å². The van der Waals surface area contributed by atoms with E-state index in [4.69, 9.17) is 4.74 Å². The molecular formula is C12H20ClN5O3S. The molecule has 1 saturated heterocycles. The van der Waals surface area contributed by atoms with Crippen LogP contribution < -0.4 is 5.32 Å². The maximum atomic E-state index is 11.9. The Kier molecular flexibility index (Phi) is 7.49. The van der Waals surface area contributed by atoms with E-state index in [0.717, 1.165) is 31.2 Å². The van der Waals surface area contributed by atoms with Gasteiger partial charge in [-0.2, -0.15) is 0 Å². The first-order chi connectivity index (χ1) is 10.1. The largest absolute Gasteiger partial charge is 0.453 e. The summed E-state index contributed by atoms with van der Waals surface area (Å²) in [5, 5.41) is 6.68. The Morgan fingerprint density at radius 3 is 2.55 bits per heavy atom. The first-order valence-corrected chi connectivity index (χ1v) is 7.51. The third kappa shape index (κ3) is 4.79. The van der Waals surface area contributed by atoms with Gasteiger partial charge in [-0.1, -0.05) is 4.49 Å². The molecule has 0 aliphatic carbocycles. The van der Waals surface area contributed by atoms with Gasteiger partial charge in [0.15, 0.2) is 0 Å². The lowest BCUT2D eigenvalue weighted by Crippen LogP contribution is -2.50. The maximum absolute atomic E-state index is 11.9. The van der Waals surface area contributed by atoms with Gasteiger partial charge in [0.25, 0.3) is 5.91 Å². The van der Waals surface area contributed by atoms with Crippen molar-refractivity contribution < 1.29 is 14.3 Å². The van der Waals surface area contributed by atoms with Gasteiger partial charge in [0.2, 0.25) is 0 Å². The normalized spacial score (nSPS) is 15.1. The van der Waals surface area contributed by atoms with Crippen LogP contribution in [0.1, 0.15) is 15.4 Å². The molecule has 10 heteroatoms. The zero-order valence-corrected chi connectivity index (χ0v) is 14.2. The molecule has 0 unspecified atom stereocenters. The first kappa shape index (κ1) is 18.6. The Balaban J connectivity index is 0.00000242. The van der Waals surface area contributed by atoms with E-state index in [-0.39, 0.29) is 24.4 Å².